The van der Waals surface area contributed by atoms with Gasteiger partial charge in [-0.15, -0.1) is 0 Å². The second-order valence-electron chi connectivity index (χ2n) is 5.08. The van der Waals surface area contributed by atoms with E-state index in [1.54, 1.807) is 4.90 Å². The standard InChI is InChI=1S/C14H26N4O2/c1-2-4-13(16)14(19)18(6-3-5-15)8-7-17-9-11-20-12-10-17/h13H,2-4,6-12,16H2,1H3/t13-/m0/s1. The van der Waals surface area contributed by atoms with Crippen LogP contribution in [0.3, 0.4) is 0 Å². The lowest BCUT2D eigenvalue weighted by Crippen LogP contribution is -2.48. The Bertz CT molecular complexity index is 324. The van der Waals surface area contributed by atoms with Gasteiger partial charge in [0.15, 0.2) is 0 Å². The van der Waals surface area contributed by atoms with E-state index in [1.165, 1.54) is 0 Å². The average Bonchev–Trinajstić information content (AvgIpc) is 2.48. The first-order chi connectivity index (χ1) is 9.69. The first-order valence-electron chi connectivity index (χ1n) is 7.40. The number of carbonyl (C=O) groups is 1. The van der Waals surface area contributed by atoms with E-state index in [2.05, 4.69) is 11.0 Å². The maximum atomic E-state index is 12.3. The van der Waals surface area contributed by atoms with Crippen LogP contribution in [0.4, 0.5) is 0 Å². The zero-order chi connectivity index (χ0) is 14.8. The molecule has 0 radical (unpaired) electrons. The number of ether oxygens (including phenoxy) is 1. The van der Waals surface area contributed by atoms with Gasteiger partial charge in [-0.1, -0.05) is 13.3 Å². The first kappa shape index (κ1) is 16.9. The van der Waals surface area contributed by atoms with E-state index in [4.69, 9.17) is 15.7 Å². The molecule has 2 N–H and O–H groups in total. The Balaban J connectivity index is 2.45. The Hall–Kier alpha value is -1.16. The van der Waals surface area contributed by atoms with Crippen molar-refractivity contribution in [3.8, 4) is 6.07 Å². The van der Waals surface area contributed by atoms with Crippen molar-refractivity contribution < 1.29 is 9.53 Å². The van der Waals surface area contributed by atoms with Gasteiger partial charge in [0, 0.05) is 32.7 Å². The normalized spacial score (nSPS) is 17.4. The second kappa shape index (κ2) is 9.70. The lowest BCUT2D eigenvalue weighted by Gasteiger charge is -2.30. The largest absolute Gasteiger partial charge is 0.379 e. The molecule has 0 spiro atoms. The number of nitrogens with zero attached hydrogens (tertiary/aromatic N) is 3. The Morgan fingerprint density at radius 1 is 1.45 bits per heavy atom. The maximum Gasteiger partial charge on any atom is 0.239 e. The van der Waals surface area contributed by atoms with Crippen molar-refractivity contribution in [1.29, 1.82) is 5.26 Å². The van der Waals surface area contributed by atoms with Crippen molar-refractivity contribution in [2.45, 2.75) is 32.2 Å². The third kappa shape index (κ3) is 5.87. The molecule has 1 atom stereocenters. The highest BCUT2D eigenvalue weighted by atomic mass is 16.5. The molecular weight excluding hydrogens is 256 g/mol. The molecule has 6 nitrogen and oxygen atoms in total. The van der Waals surface area contributed by atoms with Crippen molar-refractivity contribution in [1.82, 2.24) is 9.80 Å². The summed E-state index contributed by atoms with van der Waals surface area (Å²) in [4.78, 5) is 16.3. The summed E-state index contributed by atoms with van der Waals surface area (Å²) in [6, 6.07) is 1.65. The van der Waals surface area contributed by atoms with E-state index in [0.717, 1.165) is 39.3 Å². The summed E-state index contributed by atoms with van der Waals surface area (Å²) in [7, 11) is 0. The summed E-state index contributed by atoms with van der Waals surface area (Å²) < 4.78 is 5.30. The monoisotopic (exact) mass is 282 g/mol. The van der Waals surface area contributed by atoms with E-state index in [-0.39, 0.29) is 5.91 Å². The van der Waals surface area contributed by atoms with E-state index < -0.39 is 6.04 Å². The fourth-order valence-electron chi connectivity index (χ4n) is 2.27. The SMILES string of the molecule is CCC[C@H](N)C(=O)N(CCC#N)CCN1CCOCC1. The van der Waals surface area contributed by atoms with Crippen LogP contribution in [-0.2, 0) is 9.53 Å². The summed E-state index contributed by atoms with van der Waals surface area (Å²) in [5, 5.41) is 8.71. The van der Waals surface area contributed by atoms with Crippen LogP contribution in [0.25, 0.3) is 0 Å². The third-order valence-electron chi connectivity index (χ3n) is 3.51. The van der Waals surface area contributed by atoms with Crippen LogP contribution in [-0.4, -0.2) is 67.7 Å². The zero-order valence-electron chi connectivity index (χ0n) is 12.4. The predicted octanol–water partition coefficient (Wildman–Crippen LogP) is 0.188. The molecular formula is C14H26N4O2. The molecule has 1 rings (SSSR count). The van der Waals surface area contributed by atoms with Gasteiger partial charge in [0.25, 0.3) is 0 Å². The van der Waals surface area contributed by atoms with Gasteiger partial charge in [0.05, 0.1) is 31.7 Å². The van der Waals surface area contributed by atoms with E-state index in [1.807, 2.05) is 6.92 Å². The minimum atomic E-state index is -0.441. The van der Waals surface area contributed by atoms with Crippen LogP contribution in [0.5, 0.6) is 0 Å². The molecule has 114 valence electrons. The predicted molar refractivity (Wildman–Crippen MR) is 77.0 cm³/mol. The van der Waals surface area contributed by atoms with Gasteiger partial charge in [-0.25, -0.2) is 0 Å². The lowest BCUT2D eigenvalue weighted by molar-refractivity contribution is -0.133. The number of carbonyl (C=O) groups excluding carboxylic acids is 1. The Morgan fingerprint density at radius 2 is 2.15 bits per heavy atom. The molecule has 1 fully saturated rings. The molecule has 1 aliphatic heterocycles. The lowest BCUT2D eigenvalue weighted by atomic mass is 10.1. The second-order valence-corrected chi connectivity index (χ2v) is 5.08. The summed E-state index contributed by atoms with van der Waals surface area (Å²) >= 11 is 0. The quantitative estimate of drug-likeness (QED) is 0.687. The van der Waals surface area contributed by atoms with Crippen LogP contribution >= 0.6 is 0 Å². The van der Waals surface area contributed by atoms with Gasteiger partial charge >= 0.3 is 0 Å². The summed E-state index contributed by atoms with van der Waals surface area (Å²) in [6.07, 6.45) is 1.94. The summed E-state index contributed by atoms with van der Waals surface area (Å²) in [5.74, 6) is -0.0321. The summed E-state index contributed by atoms with van der Waals surface area (Å²) in [6.45, 7) is 7.25. The van der Waals surface area contributed by atoms with Crippen LogP contribution in [0, 0.1) is 11.3 Å². The van der Waals surface area contributed by atoms with Gasteiger partial charge in [-0.05, 0) is 6.42 Å². The minimum absolute atomic E-state index is 0.0321. The molecule has 1 amide bonds. The maximum absolute atomic E-state index is 12.3. The van der Waals surface area contributed by atoms with Crippen LogP contribution in [0.2, 0.25) is 0 Å². The number of hydrogen-bond acceptors (Lipinski definition) is 5. The highest BCUT2D eigenvalue weighted by Gasteiger charge is 2.21. The third-order valence-corrected chi connectivity index (χ3v) is 3.51. The highest BCUT2D eigenvalue weighted by Crippen LogP contribution is 2.03. The smallest absolute Gasteiger partial charge is 0.239 e. The number of amides is 1. The molecule has 1 saturated heterocycles. The zero-order valence-corrected chi connectivity index (χ0v) is 12.4. The highest BCUT2D eigenvalue weighted by molar-refractivity contribution is 5.81. The fraction of sp³-hybridized carbons (Fsp3) is 0.857. The molecule has 6 heteroatoms. The fourth-order valence-corrected chi connectivity index (χ4v) is 2.27. The van der Waals surface area contributed by atoms with Crippen molar-refractivity contribution in [3.05, 3.63) is 0 Å². The number of morpholine rings is 1. The number of nitrogens with two attached hydrogens (primary N) is 1. The van der Waals surface area contributed by atoms with Gasteiger partial charge in [0.2, 0.25) is 5.91 Å². The molecule has 0 aliphatic carbocycles. The Kier molecular flexibility index (Phi) is 8.19. The van der Waals surface area contributed by atoms with E-state index in [0.29, 0.717) is 25.9 Å². The minimum Gasteiger partial charge on any atom is -0.379 e. The Labute approximate surface area is 121 Å². The average molecular weight is 282 g/mol. The van der Waals surface area contributed by atoms with Crippen molar-refractivity contribution in [2.24, 2.45) is 5.73 Å². The molecule has 1 heterocycles. The Morgan fingerprint density at radius 3 is 2.75 bits per heavy atom. The molecule has 20 heavy (non-hydrogen) atoms. The van der Waals surface area contributed by atoms with Crippen LogP contribution < -0.4 is 5.73 Å². The molecule has 0 bridgehead atoms. The van der Waals surface area contributed by atoms with Crippen LogP contribution in [0.1, 0.15) is 26.2 Å². The molecule has 1 aliphatic rings. The summed E-state index contributed by atoms with van der Waals surface area (Å²) in [5.41, 5.74) is 5.90. The number of nitriles is 1. The van der Waals surface area contributed by atoms with Gasteiger partial charge in [-0.3, -0.25) is 9.69 Å². The van der Waals surface area contributed by atoms with E-state index >= 15 is 0 Å². The first-order valence-corrected chi connectivity index (χ1v) is 7.40. The topological polar surface area (TPSA) is 82.6 Å². The van der Waals surface area contributed by atoms with Gasteiger partial charge in [0.1, 0.15) is 0 Å². The van der Waals surface area contributed by atoms with Gasteiger partial charge in [-0.2, -0.15) is 5.26 Å². The molecule has 0 saturated carbocycles. The van der Waals surface area contributed by atoms with E-state index in [9.17, 15) is 4.79 Å². The van der Waals surface area contributed by atoms with Crippen molar-refractivity contribution >= 4 is 5.91 Å². The van der Waals surface area contributed by atoms with Crippen molar-refractivity contribution in [2.75, 3.05) is 45.9 Å². The van der Waals surface area contributed by atoms with Crippen LogP contribution in [0.15, 0.2) is 0 Å². The molecule has 0 aromatic rings. The molecule has 0 unspecified atom stereocenters. The number of hydrogen-bond donors (Lipinski definition) is 1. The van der Waals surface area contributed by atoms with Gasteiger partial charge < -0.3 is 15.4 Å². The van der Waals surface area contributed by atoms with Crippen molar-refractivity contribution in [3.63, 3.8) is 0 Å². The molecule has 0 aromatic heterocycles. The molecule has 0 aromatic carbocycles. The number of rotatable bonds is 8.